The van der Waals surface area contributed by atoms with Crippen LogP contribution in [0.3, 0.4) is 0 Å². The van der Waals surface area contributed by atoms with Gasteiger partial charge in [-0.25, -0.2) is 9.48 Å². The minimum Gasteiger partial charge on any atom is -0.315 e. The summed E-state index contributed by atoms with van der Waals surface area (Å²) in [5.74, 6) is 0.469. The van der Waals surface area contributed by atoms with E-state index in [1.165, 1.54) is 5.56 Å². The Morgan fingerprint density at radius 1 is 0.897 bits per heavy atom. The summed E-state index contributed by atoms with van der Waals surface area (Å²) in [5.41, 5.74) is 6.47. The SMILES string of the molecule is CCc1ccc(NC(=O)N(CC(=O)Nc2c(-c3ccccc3)c(C)nn2-c2ccc(C)cc2)CC(C)C)cc1. The van der Waals surface area contributed by atoms with E-state index in [1.807, 2.05) is 107 Å². The average molecular weight is 524 g/mol. The number of nitrogens with zero attached hydrogens (tertiary/aromatic N) is 3. The van der Waals surface area contributed by atoms with Crippen LogP contribution < -0.4 is 10.6 Å². The van der Waals surface area contributed by atoms with Crippen molar-refractivity contribution < 1.29 is 9.59 Å². The Kier molecular flexibility index (Phi) is 8.81. The lowest BCUT2D eigenvalue weighted by Gasteiger charge is -2.24. The molecule has 2 N–H and O–H groups in total. The lowest BCUT2D eigenvalue weighted by atomic mass is 10.1. The number of aryl methyl sites for hydroxylation is 3. The molecule has 0 aliphatic rings. The van der Waals surface area contributed by atoms with Crippen LogP contribution in [0.25, 0.3) is 16.8 Å². The topological polar surface area (TPSA) is 79.3 Å². The van der Waals surface area contributed by atoms with Crippen LogP contribution in [-0.2, 0) is 11.2 Å². The van der Waals surface area contributed by atoms with Gasteiger partial charge in [0.1, 0.15) is 12.4 Å². The summed E-state index contributed by atoms with van der Waals surface area (Å²) >= 11 is 0. The predicted molar refractivity (Wildman–Crippen MR) is 158 cm³/mol. The van der Waals surface area contributed by atoms with Crippen LogP contribution >= 0.6 is 0 Å². The zero-order chi connectivity index (χ0) is 27.9. The highest BCUT2D eigenvalue weighted by Crippen LogP contribution is 2.33. The third-order valence-electron chi connectivity index (χ3n) is 6.48. The number of carbonyl (C=O) groups is 2. The van der Waals surface area contributed by atoms with Crippen LogP contribution in [0.15, 0.2) is 78.9 Å². The molecule has 0 radical (unpaired) electrons. The molecule has 0 aliphatic carbocycles. The van der Waals surface area contributed by atoms with Gasteiger partial charge in [-0.1, -0.05) is 80.9 Å². The molecule has 0 bridgehead atoms. The van der Waals surface area contributed by atoms with Crippen LogP contribution in [0.5, 0.6) is 0 Å². The summed E-state index contributed by atoms with van der Waals surface area (Å²) in [6.45, 7) is 10.5. The first-order chi connectivity index (χ1) is 18.7. The number of hydrogen-bond donors (Lipinski definition) is 2. The Balaban J connectivity index is 1.61. The first-order valence-electron chi connectivity index (χ1n) is 13.4. The monoisotopic (exact) mass is 523 g/mol. The fourth-order valence-electron chi connectivity index (χ4n) is 4.50. The Morgan fingerprint density at radius 3 is 2.18 bits per heavy atom. The number of nitrogens with one attached hydrogen (secondary N) is 2. The third-order valence-corrected chi connectivity index (χ3v) is 6.48. The van der Waals surface area contributed by atoms with E-state index >= 15 is 0 Å². The highest BCUT2D eigenvalue weighted by atomic mass is 16.2. The van der Waals surface area contributed by atoms with Gasteiger partial charge in [0.25, 0.3) is 0 Å². The van der Waals surface area contributed by atoms with Gasteiger partial charge in [0.2, 0.25) is 5.91 Å². The standard InChI is InChI=1S/C32H37N5O2/c1-6-25-14-16-27(17-15-25)33-32(39)36(20-22(2)3)21-29(38)34-31-30(26-10-8-7-9-11-26)24(5)35-37(31)28-18-12-23(4)13-19-28/h7-19,22H,6,20-21H2,1-5H3,(H,33,39)(H,34,38). The molecule has 4 aromatic rings. The Bertz CT molecular complexity index is 1410. The second-order valence-electron chi connectivity index (χ2n) is 10.2. The summed E-state index contributed by atoms with van der Waals surface area (Å²) in [7, 11) is 0. The lowest BCUT2D eigenvalue weighted by Crippen LogP contribution is -2.42. The maximum absolute atomic E-state index is 13.5. The molecule has 1 aromatic heterocycles. The van der Waals surface area contributed by atoms with Crippen molar-refractivity contribution in [2.45, 2.75) is 41.0 Å². The fourth-order valence-corrected chi connectivity index (χ4v) is 4.50. The maximum atomic E-state index is 13.5. The number of urea groups is 1. The van der Waals surface area contributed by atoms with Crippen molar-refractivity contribution >= 4 is 23.4 Å². The molecule has 7 nitrogen and oxygen atoms in total. The molecule has 0 atom stereocenters. The molecule has 4 rings (SSSR count). The molecule has 3 aromatic carbocycles. The second-order valence-corrected chi connectivity index (χ2v) is 10.2. The number of benzene rings is 3. The van der Waals surface area contributed by atoms with Gasteiger partial charge in [-0.3, -0.25) is 4.79 Å². The van der Waals surface area contributed by atoms with Crippen molar-refractivity contribution in [2.75, 3.05) is 23.7 Å². The number of aromatic nitrogens is 2. The first-order valence-corrected chi connectivity index (χ1v) is 13.4. The number of anilines is 2. The van der Waals surface area contributed by atoms with Gasteiger partial charge < -0.3 is 15.5 Å². The van der Waals surface area contributed by atoms with Crippen LogP contribution in [0.1, 0.15) is 37.6 Å². The number of carbonyl (C=O) groups excluding carboxylic acids is 2. The molecule has 0 spiro atoms. The molecule has 0 fully saturated rings. The van der Waals surface area contributed by atoms with Gasteiger partial charge in [-0.2, -0.15) is 5.10 Å². The molecule has 1 heterocycles. The van der Waals surface area contributed by atoms with Crippen molar-refractivity contribution in [1.29, 1.82) is 0 Å². The van der Waals surface area contributed by atoms with Crippen molar-refractivity contribution in [3.8, 4) is 16.8 Å². The van der Waals surface area contributed by atoms with Crippen LogP contribution in [-0.4, -0.2) is 39.7 Å². The van der Waals surface area contributed by atoms with E-state index in [4.69, 9.17) is 5.10 Å². The van der Waals surface area contributed by atoms with Gasteiger partial charge in [0.15, 0.2) is 0 Å². The van der Waals surface area contributed by atoms with Gasteiger partial charge >= 0.3 is 6.03 Å². The fraction of sp³-hybridized carbons (Fsp3) is 0.281. The van der Waals surface area contributed by atoms with Crippen molar-refractivity contribution in [3.05, 3.63) is 95.7 Å². The van der Waals surface area contributed by atoms with E-state index < -0.39 is 0 Å². The summed E-state index contributed by atoms with van der Waals surface area (Å²) < 4.78 is 1.76. The predicted octanol–water partition coefficient (Wildman–Crippen LogP) is 6.85. The van der Waals surface area contributed by atoms with E-state index in [0.29, 0.717) is 18.1 Å². The van der Waals surface area contributed by atoms with E-state index in [0.717, 1.165) is 34.5 Å². The normalized spacial score (nSPS) is 10.9. The quantitative estimate of drug-likeness (QED) is 0.252. The zero-order valence-corrected chi connectivity index (χ0v) is 23.4. The second kappa shape index (κ2) is 12.4. The van der Waals surface area contributed by atoms with E-state index in [9.17, 15) is 9.59 Å². The van der Waals surface area contributed by atoms with Gasteiger partial charge in [0.05, 0.1) is 11.4 Å². The Hall–Kier alpha value is -4.39. The van der Waals surface area contributed by atoms with Crippen molar-refractivity contribution in [1.82, 2.24) is 14.7 Å². The van der Waals surface area contributed by atoms with Gasteiger partial charge in [-0.15, -0.1) is 0 Å². The first kappa shape index (κ1) is 27.6. The molecule has 0 aliphatic heterocycles. The van der Waals surface area contributed by atoms with Gasteiger partial charge in [0, 0.05) is 17.8 Å². The zero-order valence-electron chi connectivity index (χ0n) is 23.4. The molecular weight excluding hydrogens is 486 g/mol. The Labute approximate surface area is 230 Å². The number of hydrogen-bond acceptors (Lipinski definition) is 3. The lowest BCUT2D eigenvalue weighted by molar-refractivity contribution is -0.116. The highest BCUT2D eigenvalue weighted by Gasteiger charge is 2.23. The van der Waals surface area contributed by atoms with Crippen LogP contribution in [0.4, 0.5) is 16.3 Å². The van der Waals surface area contributed by atoms with Crippen molar-refractivity contribution in [2.24, 2.45) is 5.92 Å². The summed E-state index contributed by atoms with van der Waals surface area (Å²) in [5, 5.41) is 10.8. The average Bonchev–Trinajstić information content (AvgIpc) is 3.24. The molecule has 3 amide bonds. The maximum Gasteiger partial charge on any atom is 0.322 e. The van der Waals surface area contributed by atoms with Crippen LogP contribution in [0, 0.1) is 19.8 Å². The minimum absolute atomic E-state index is 0.0938. The van der Waals surface area contributed by atoms with Crippen LogP contribution in [0.2, 0.25) is 0 Å². The number of rotatable bonds is 9. The molecule has 39 heavy (non-hydrogen) atoms. The van der Waals surface area contributed by atoms with Gasteiger partial charge in [-0.05, 0) is 61.6 Å². The van der Waals surface area contributed by atoms with E-state index in [2.05, 4.69) is 17.6 Å². The molecule has 202 valence electrons. The molecule has 0 saturated carbocycles. The summed E-state index contributed by atoms with van der Waals surface area (Å²) in [6.07, 6.45) is 0.928. The van der Waals surface area contributed by atoms with E-state index in [-0.39, 0.29) is 24.4 Å². The third kappa shape index (κ3) is 6.93. The molecule has 0 saturated heterocycles. The molecular formula is C32H37N5O2. The number of amides is 3. The minimum atomic E-state index is -0.311. The Morgan fingerprint density at radius 2 is 1.56 bits per heavy atom. The highest BCUT2D eigenvalue weighted by molar-refractivity contribution is 5.99. The summed E-state index contributed by atoms with van der Waals surface area (Å²) in [6, 6.07) is 25.3. The molecule has 7 heteroatoms. The summed E-state index contributed by atoms with van der Waals surface area (Å²) in [4.78, 5) is 28.3. The van der Waals surface area contributed by atoms with E-state index in [1.54, 1.807) is 9.58 Å². The smallest absolute Gasteiger partial charge is 0.315 e. The largest absolute Gasteiger partial charge is 0.322 e. The van der Waals surface area contributed by atoms with Crippen molar-refractivity contribution in [3.63, 3.8) is 0 Å². The molecule has 0 unspecified atom stereocenters.